The van der Waals surface area contributed by atoms with E-state index in [1.807, 2.05) is 36.4 Å². The van der Waals surface area contributed by atoms with Gasteiger partial charge < -0.3 is 10.5 Å². The van der Waals surface area contributed by atoms with E-state index in [0.29, 0.717) is 12.3 Å². The van der Waals surface area contributed by atoms with Crippen LogP contribution < -0.4 is 10.5 Å². The van der Waals surface area contributed by atoms with Crippen molar-refractivity contribution in [2.75, 3.05) is 0 Å². The standard InChI is InChI=1S/C16H13BrN2O/c17-12-7-13(10-19-9-12)20-16-6-5-11(8-18)14-3-1-2-4-15(14)16/h1-7,9-10H,8,18H2. The van der Waals surface area contributed by atoms with E-state index in [9.17, 15) is 0 Å². The van der Waals surface area contributed by atoms with Gasteiger partial charge in [0.1, 0.15) is 11.5 Å². The molecule has 0 bridgehead atoms. The van der Waals surface area contributed by atoms with E-state index in [-0.39, 0.29) is 0 Å². The molecule has 4 heteroatoms. The quantitative estimate of drug-likeness (QED) is 0.781. The van der Waals surface area contributed by atoms with Crippen molar-refractivity contribution >= 4 is 26.7 Å². The van der Waals surface area contributed by atoms with Gasteiger partial charge in [0.15, 0.2) is 0 Å². The van der Waals surface area contributed by atoms with E-state index in [1.165, 1.54) is 0 Å². The van der Waals surface area contributed by atoms with Gasteiger partial charge in [-0.15, -0.1) is 0 Å². The number of fused-ring (bicyclic) bond motifs is 1. The predicted octanol–water partition coefficient (Wildman–Crippen LogP) is 4.25. The predicted molar refractivity (Wildman–Crippen MR) is 83.9 cm³/mol. The van der Waals surface area contributed by atoms with Gasteiger partial charge in [0.2, 0.25) is 0 Å². The Labute approximate surface area is 125 Å². The minimum absolute atomic E-state index is 0.513. The molecule has 0 fully saturated rings. The highest BCUT2D eigenvalue weighted by atomic mass is 79.9. The monoisotopic (exact) mass is 328 g/mol. The van der Waals surface area contributed by atoms with Crippen molar-refractivity contribution in [3.63, 3.8) is 0 Å². The van der Waals surface area contributed by atoms with E-state index < -0.39 is 0 Å². The van der Waals surface area contributed by atoms with E-state index in [0.717, 1.165) is 26.6 Å². The van der Waals surface area contributed by atoms with Crippen LogP contribution in [0.3, 0.4) is 0 Å². The summed E-state index contributed by atoms with van der Waals surface area (Å²) >= 11 is 3.39. The minimum atomic E-state index is 0.513. The molecule has 100 valence electrons. The SMILES string of the molecule is NCc1ccc(Oc2cncc(Br)c2)c2ccccc12. The van der Waals surface area contributed by atoms with Gasteiger partial charge in [-0.3, -0.25) is 4.98 Å². The van der Waals surface area contributed by atoms with Crippen LogP contribution >= 0.6 is 15.9 Å². The van der Waals surface area contributed by atoms with E-state index in [2.05, 4.69) is 27.0 Å². The van der Waals surface area contributed by atoms with E-state index >= 15 is 0 Å². The van der Waals surface area contributed by atoms with E-state index in [4.69, 9.17) is 10.5 Å². The van der Waals surface area contributed by atoms with Gasteiger partial charge in [-0.25, -0.2) is 0 Å². The molecule has 3 rings (SSSR count). The van der Waals surface area contributed by atoms with Gasteiger partial charge in [0.25, 0.3) is 0 Å². The average Bonchev–Trinajstić information content (AvgIpc) is 2.48. The number of rotatable bonds is 3. The molecule has 2 N–H and O–H groups in total. The van der Waals surface area contributed by atoms with Crippen molar-refractivity contribution in [1.29, 1.82) is 0 Å². The number of hydrogen-bond donors (Lipinski definition) is 1. The van der Waals surface area contributed by atoms with Crippen LogP contribution in [-0.4, -0.2) is 4.98 Å². The van der Waals surface area contributed by atoms with Crippen molar-refractivity contribution in [3.05, 3.63) is 64.9 Å². The molecule has 0 atom stereocenters. The van der Waals surface area contributed by atoms with Crippen LogP contribution in [0.2, 0.25) is 0 Å². The van der Waals surface area contributed by atoms with Crippen molar-refractivity contribution in [2.45, 2.75) is 6.54 Å². The van der Waals surface area contributed by atoms with Gasteiger partial charge in [-0.05, 0) is 39.0 Å². The molecule has 0 aliphatic carbocycles. The van der Waals surface area contributed by atoms with Crippen molar-refractivity contribution in [2.24, 2.45) is 5.73 Å². The second-order valence-electron chi connectivity index (χ2n) is 4.41. The number of aromatic nitrogens is 1. The molecule has 1 heterocycles. The highest BCUT2D eigenvalue weighted by Gasteiger charge is 2.07. The fourth-order valence-corrected chi connectivity index (χ4v) is 2.52. The fraction of sp³-hybridized carbons (Fsp3) is 0.0625. The average molecular weight is 329 g/mol. The van der Waals surface area contributed by atoms with Crippen LogP contribution in [0.1, 0.15) is 5.56 Å². The normalized spacial score (nSPS) is 10.7. The van der Waals surface area contributed by atoms with E-state index in [1.54, 1.807) is 12.4 Å². The summed E-state index contributed by atoms with van der Waals surface area (Å²) in [4.78, 5) is 4.10. The van der Waals surface area contributed by atoms with Gasteiger partial charge in [0, 0.05) is 22.6 Å². The van der Waals surface area contributed by atoms with Gasteiger partial charge >= 0.3 is 0 Å². The molecule has 0 radical (unpaired) electrons. The summed E-state index contributed by atoms with van der Waals surface area (Å²) in [5.74, 6) is 1.50. The molecular weight excluding hydrogens is 316 g/mol. The van der Waals surface area contributed by atoms with Crippen molar-refractivity contribution < 1.29 is 4.74 Å². The molecule has 1 aromatic heterocycles. The molecule has 3 aromatic rings. The summed E-state index contributed by atoms with van der Waals surface area (Å²) in [7, 11) is 0. The molecule has 0 spiro atoms. The minimum Gasteiger partial charge on any atom is -0.455 e. The number of benzene rings is 2. The van der Waals surface area contributed by atoms with Gasteiger partial charge in [-0.1, -0.05) is 30.3 Å². The number of halogens is 1. The lowest BCUT2D eigenvalue weighted by atomic mass is 10.0. The van der Waals surface area contributed by atoms with Gasteiger partial charge in [0.05, 0.1) is 6.20 Å². The Morgan fingerprint density at radius 2 is 1.85 bits per heavy atom. The summed E-state index contributed by atoms with van der Waals surface area (Å²) in [5, 5.41) is 2.17. The zero-order chi connectivity index (χ0) is 13.9. The Bertz CT molecular complexity index is 758. The Balaban J connectivity index is 2.08. The summed E-state index contributed by atoms with van der Waals surface area (Å²) in [6.07, 6.45) is 3.42. The second-order valence-corrected chi connectivity index (χ2v) is 5.33. The Morgan fingerprint density at radius 3 is 2.60 bits per heavy atom. The molecule has 20 heavy (non-hydrogen) atoms. The summed E-state index contributed by atoms with van der Waals surface area (Å²) in [6, 6.07) is 13.9. The van der Waals surface area contributed by atoms with Crippen LogP contribution in [0.15, 0.2) is 59.3 Å². The second kappa shape index (κ2) is 5.61. The maximum absolute atomic E-state index is 5.94. The lowest BCUT2D eigenvalue weighted by molar-refractivity contribution is 0.485. The number of pyridine rings is 1. The first kappa shape index (κ1) is 13.1. The molecule has 2 aromatic carbocycles. The number of nitrogens with zero attached hydrogens (tertiary/aromatic N) is 1. The maximum atomic E-state index is 5.94. The lowest BCUT2D eigenvalue weighted by Gasteiger charge is -2.11. The lowest BCUT2D eigenvalue weighted by Crippen LogP contribution is -1.98. The maximum Gasteiger partial charge on any atom is 0.146 e. The van der Waals surface area contributed by atoms with Crippen LogP contribution in [-0.2, 0) is 6.54 Å². The summed E-state index contributed by atoms with van der Waals surface area (Å²) < 4.78 is 6.83. The Morgan fingerprint density at radius 1 is 1.05 bits per heavy atom. The summed E-state index contributed by atoms with van der Waals surface area (Å²) in [6.45, 7) is 0.513. The largest absolute Gasteiger partial charge is 0.455 e. The zero-order valence-electron chi connectivity index (χ0n) is 10.7. The van der Waals surface area contributed by atoms with Crippen molar-refractivity contribution in [3.8, 4) is 11.5 Å². The number of ether oxygens (including phenoxy) is 1. The summed E-state index contributed by atoms with van der Waals surface area (Å²) in [5.41, 5.74) is 6.89. The molecule has 0 aliphatic heterocycles. The van der Waals surface area contributed by atoms with Crippen LogP contribution in [0.25, 0.3) is 10.8 Å². The first-order valence-corrected chi connectivity index (χ1v) is 7.06. The molecule has 0 saturated heterocycles. The first-order chi connectivity index (χ1) is 9.78. The van der Waals surface area contributed by atoms with Crippen LogP contribution in [0.5, 0.6) is 11.5 Å². The topological polar surface area (TPSA) is 48.1 Å². The molecule has 0 unspecified atom stereocenters. The van der Waals surface area contributed by atoms with Crippen LogP contribution in [0, 0.1) is 0 Å². The van der Waals surface area contributed by atoms with Crippen molar-refractivity contribution in [1.82, 2.24) is 4.98 Å². The number of nitrogens with two attached hydrogens (primary N) is 1. The Hall–Kier alpha value is -1.91. The molecule has 3 nitrogen and oxygen atoms in total. The van der Waals surface area contributed by atoms with Crippen LogP contribution in [0.4, 0.5) is 0 Å². The zero-order valence-corrected chi connectivity index (χ0v) is 12.3. The Kier molecular flexibility index (Phi) is 3.67. The highest BCUT2D eigenvalue weighted by Crippen LogP contribution is 2.32. The smallest absolute Gasteiger partial charge is 0.146 e. The fourth-order valence-electron chi connectivity index (χ4n) is 2.18. The molecular formula is C16H13BrN2O. The third kappa shape index (κ3) is 2.53. The number of hydrogen-bond acceptors (Lipinski definition) is 3. The third-order valence-electron chi connectivity index (χ3n) is 3.10. The molecule has 0 aliphatic rings. The highest BCUT2D eigenvalue weighted by molar-refractivity contribution is 9.10. The third-order valence-corrected chi connectivity index (χ3v) is 3.54. The first-order valence-electron chi connectivity index (χ1n) is 6.27. The molecule has 0 amide bonds. The molecule has 0 saturated carbocycles. The van der Waals surface area contributed by atoms with Gasteiger partial charge in [-0.2, -0.15) is 0 Å².